The zero-order valence-electron chi connectivity index (χ0n) is 9.14. The van der Waals surface area contributed by atoms with Crippen molar-refractivity contribution in [1.82, 2.24) is 9.38 Å². The Kier molecular flexibility index (Phi) is 2.34. The molecule has 0 aliphatic heterocycles. The van der Waals surface area contributed by atoms with Gasteiger partial charge in [0.15, 0.2) is 4.96 Å². The fourth-order valence-electron chi connectivity index (χ4n) is 1.74. The Hall–Kier alpha value is -1.52. The molecule has 0 saturated heterocycles. The summed E-state index contributed by atoms with van der Waals surface area (Å²) < 4.78 is 2.07. The molecule has 5 heteroatoms. The number of rotatable bonds is 1. The first-order chi connectivity index (χ1) is 8.15. The van der Waals surface area contributed by atoms with Crippen LogP contribution in [-0.4, -0.2) is 9.38 Å². The number of benzene rings is 1. The zero-order chi connectivity index (χ0) is 12.0. The summed E-state index contributed by atoms with van der Waals surface area (Å²) in [5.74, 6) is 0. The summed E-state index contributed by atoms with van der Waals surface area (Å²) in [4.78, 5) is 5.55. The van der Waals surface area contributed by atoms with Gasteiger partial charge in [0.2, 0.25) is 0 Å². The Morgan fingerprint density at radius 1 is 1.41 bits per heavy atom. The topological polar surface area (TPSA) is 43.3 Å². The number of halogens is 1. The minimum absolute atomic E-state index is 0.575. The predicted octanol–water partition coefficient (Wildman–Crippen LogP) is 3.61. The molecule has 0 spiro atoms. The van der Waals surface area contributed by atoms with Gasteiger partial charge in [-0.05, 0) is 19.1 Å². The number of hydrogen-bond donors (Lipinski definition) is 1. The third-order valence-corrected chi connectivity index (χ3v) is 3.98. The summed E-state index contributed by atoms with van der Waals surface area (Å²) in [5.41, 5.74) is 9.47. The molecule has 2 aromatic heterocycles. The molecule has 2 N–H and O–H groups in total. The second-order valence-electron chi connectivity index (χ2n) is 3.89. The average molecular weight is 264 g/mol. The summed E-state index contributed by atoms with van der Waals surface area (Å²) in [6.07, 6.45) is 2.02. The summed E-state index contributed by atoms with van der Waals surface area (Å²) in [6, 6.07) is 5.58. The van der Waals surface area contributed by atoms with Crippen LogP contribution >= 0.6 is 22.9 Å². The van der Waals surface area contributed by atoms with Gasteiger partial charge in [-0.25, -0.2) is 4.98 Å². The van der Waals surface area contributed by atoms with Crippen molar-refractivity contribution in [2.24, 2.45) is 0 Å². The summed E-state index contributed by atoms with van der Waals surface area (Å²) in [5, 5.41) is 2.66. The van der Waals surface area contributed by atoms with E-state index in [1.54, 1.807) is 17.4 Å². The lowest BCUT2D eigenvalue weighted by Crippen LogP contribution is -1.87. The molecule has 1 aromatic carbocycles. The maximum atomic E-state index is 5.90. The minimum Gasteiger partial charge on any atom is -0.398 e. The highest BCUT2D eigenvalue weighted by molar-refractivity contribution is 7.15. The highest BCUT2D eigenvalue weighted by atomic mass is 35.5. The fourth-order valence-corrected chi connectivity index (χ4v) is 2.70. The van der Waals surface area contributed by atoms with Crippen molar-refractivity contribution >= 4 is 33.6 Å². The second kappa shape index (κ2) is 3.75. The molecule has 0 fully saturated rings. The molecular weight excluding hydrogens is 254 g/mol. The standard InChI is InChI=1S/C12H10ClN3S/c1-7-6-17-12-15-11(5-16(7)12)8-2-3-9(13)10(14)4-8/h2-6H,14H2,1H3. The summed E-state index contributed by atoms with van der Waals surface area (Å²) in [6.45, 7) is 2.06. The number of hydrogen-bond acceptors (Lipinski definition) is 3. The number of thiazole rings is 1. The van der Waals surface area contributed by atoms with Crippen LogP contribution in [0.25, 0.3) is 16.2 Å². The van der Waals surface area contributed by atoms with Gasteiger partial charge in [0, 0.05) is 22.8 Å². The smallest absolute Gasteiger partial charge is 0.194 e. The van der Waals surface area contributed by atoms with Crippen LogP contribution in [0.5, 0.6) is 0 Å². The van der Waals surface area contributed by atoms with E-state index in [1.165, 1.54) is 5.69 Å². The van der Waals surface area contributed by atoms with E-state index < -0.39 is 0 Å². The summed E-state index contributed by atoms with van der Waals surface area (Å²) in [7, 11) is 0. The number of fused-ring (bicyclic) bond motifs is 1. The minimum atomic E-state index is 0.575. The van der Waals surface area contributed by atoms with Crippen molar-refractivity contribution in [3.05, 3.63) is 40.5 Å². The van der Waals surface area contributed by atoms with Gasteiger partial charge in [-0.15, -0.1) is 11.3 Å². The van der Waals surface area contributed by atoms with Crippen LogP contribution in [0.1, 0.15) is 5.69 Å². The lowest BCUT2D eigenvalue weighted by molar-refractivity contribution is 1.13. The zero-order valence-corrected chi connectivity index (χ0v) is 10.7. The van der Waals surface area contributed by atoms with E-state index in [2.05, 4.69) is 21.7 Å². The first kappa shape index (κ1) is 10.6. The number of anilines is 1. The fraction of sp³-hybridized carbons (Fsp3) is 0.0833. The SMILES string of the molecule is Cc1csc2nc(-c3ccc(Cl)c(N)c3)cn12. The van der Waals surface area contributed by atoms with Crippen molar-refractivity contribution in [3.8, 4) is 11.3 Å². The maximum Gasteiger partial charge on any atom is 0.194 e. The maximum absolute atomic E-state index is 5.90. The molecule has 2 heterocycles. The predicted molar refractivity (Wildman–Crippen MR) is 72.7 cm³/mol. The van der Waals surface area contributed by atoms with Gasteiger partial charge in [-0.3, -0.25) is 4.40 Å². The van der Waals surface area contributed by atoms with E-state index in [-0.39, 0.29) is 0 Å². The Morgan fingerprint density at radius 2 is 2.24 bits per heavy atom. The number of aromatic nitrogens is 2. The molecule has 0 bridgehead atoms. The molecule has 3 nitrogen and oxygen atoms in total. The highest BCUT2D eigenvalue weighted by Crippen LogP contribution is 2.27. The van der Waals surface area contributed by atoms with Gasteiger partial charge in [-0.2, -0.15) is 0 Å². The van der Waals surface area contributed by atoms with E-state index in [0.29, 0.717) is 10.7 Å². The monoisotopic (exact) mass is 263 g/mol. The number of imidazole rings is 1. The first-order valence-corrected chi connectivity index (χ1v) is 6.39. The number of nitrogens with zero attached hydrogens (tertiary/aromatic N) is 2. The van der Waals surface area contributed by atoms with Crippen LogP contribution in [0.3, 0.4) is 0 Å². The molecule has 0 amide bonds. The van der Waals surface area contributed by atoms with Gasteiger partial charge in [0.05, 0.1) is 16.4 Å². The van der Waals surface area contributed by atoms with Crippen LogP contribution in [0, 0.1) is 6.92 Å². The molecule has 0 aliphatic carbocycles. The molecule has 0 saturated carbocycles. The number of aryl methyl sites for hydroxylation is 1. The normalized spacial score (nSPS) is 11.2. The molecule has 3 aromatic rings. The Morgan fingerprint density at radius 3 is 2.94 bits per heavy atom. The Balaban J connectivity index is 2.16. The van der Waals surface area contributed by atoms with E-state index >= 15 is 0 Å². The van der Waals surface area contributed by atoms with Crippen molar-refractivity contribution < 1.29 is 0 Å². The highest BCUT2D eigenvalue weighted by Gasteiger charge is 2.08. The van der Waals surface area contributed by atoms with Gasteiger partial charge in [0.25, 0.3) is 0 Å². The van der Waals surface area contributed by atoms with Crippen LogP contribution < -0.4 is 5.73 Å². The van der Waals surface area contributed by atoms with Gasteiger partial charge in [-0.1, -0.05) is 17.7 Å². The molecule has 3 rings (SSSR count). The molecule has 86 valence electrons. The molecule has 0 radical (unpaired) electrons. The quantitative estimate of drug-likeness (QED) is 0.682. The largest absolute Gasteiger partial charge is 0.398 e. The van der Waals surface area contributed by atoms with Gasteiger partial charge in [0.1, 0.15) is 0 Å². The van der Waals surface area contributed by atoms with E-state index in [4.69, 9.17) is 17.3 Å². The van der Waals surface area contributed by atoms with Gasteiger partial charge < -0.3 is 5.73 Å². The number of nitrogens with two attached hydrogens (primary N) is 1. The molecule has 17 heavy (non-hydrogen) atoms. The van der Waals surface area contributed by atoms with E-state index in [9.17, 15) is 0 Å². The van der Waals surface area contributed by atoms with Gasteiger partial charge >= 0.3 is 0 Å². The Labute approximate surface area is 107 Å². The van der Waals surface area contributed by atoms with E-state index in [1.807, 2.05) is 18.3 Å². The lowest BCUT2D eigenvalue weighted by Gasteiger charge is -2.00. The van der Waals surface area contributed by atoms with Crippen LogP contribution in [0.4, 0.5) is 5.69 Å². The third kappa shape index (κ3) is 1.69. The lowest BCUT2D eigenvalue weighted by atomic mass is 10.1. The van der Waals surface area contributed by atoms with Crippen molar-refractivity contribution in [2.45, 2.75) is 6.92 Å². The average Bonchev–Trinajstić information content (AvgIpc) is 2.86. The third-order valence-electron chi connectivity index (χ3n) is 2.68. The first-order valence-electron chi connectivity index (χ1n) is 5.14. The van der Waals surface area contributed by atoms with Crippen LogP contribution in [-0.2, 0) is 0 Å². The molecule has 0 atom stereocenters. The molecule has 0 aliphatic rings. The number of nitrogen functional groups attached to an aromatic ring is 1. The van der Waals surface area contributed by atoms with Crippen molar-refractivity contribution in [2.75, 3.05) is 5.73 Å². The molecule has 0 unspecified atom stereocenters. The van der Waals surface area contributed by atoms with Crippen molar-refractivity contribution in [3.63, 3.8) is 0 Å². The van der Waals surface area contributed by atoms with Crippen molar-refractivity contribution in [1.29, 1.82) is 0 Å². The summed E-state index contributed by atoms with van der Waals surface area (Å²) >= 11 is 7.53. The van der Waals surface area contributed by atoms with E-state index in [0.717, 1.165) is 16.2 Å². The van der Waals surface area contributed by atoms with Crippen LogP contribution in [0.2, 0.25) is 5.02 Å². The Bertz CT molecular complexity index is 699. The van der Waals surface area contributed by atoms with Crippen LogP contribution in [0.15, 0.2) is 29.8 Å². The molecular formula is C12H10ClN3S. The second-order valence-corrected chi connectivity index (χ2v) is 5.14.